The molecule has 2 heterocycles. The van der Waals surface area contributed by atoms with Crippen LogP contribution >= 0.6 is 11.8 Å². The number of β-amino-alcohol motifs (C(OH)–C–C–N with tert-alkyl or cyclic N) is 1. The number of aliphatic hydroxyl groups excluding tert-OH is 1. The average molecular weight is 395 g/mol. The highest BCUT2D eigenvalue weighted by molar-refractivity contribution is 7.99. The molecule has 27 heavy (non-hydrogen) atoms. The molecule has 0 saturated carbocycles. The molecule has 0 bridgehead atoms. The van der Waals surface area contributed by atoms with Gasteiger partial charge in [0.15, 0.2) is 11.5 Å². The van der Waals surface area contributed by atoms with Crippen LogP contribution in [-0.4, -0.2) is 78.0 Å². The lowest BCUT2D eigenvalue weighted by Crippen LogP contribution is -2.40. The molecule has 0 amide bonds. The van der Waals surface area contributed by atoms with Gasteiger partial charge in [0.1, 0.15) is 12.7 Å². The summed E-state index contributed by atoms with van der Waals surface area (Å²) in [5, 5.41) is 10.3. The minimum atomic E-state index is -0.483. The summed E-state index contributed by atoms with van der Waals surface area (Å²) in [6, 6.07) is 6.15. The molecular formula is C21H34N2O3S. The highest BCUT2D eigenvalue weighted by atomic mass is 32.2. The Balaban J connectivity index is 1.54. The summed E-state index contributed by atoms with van der Waals surface area (Å²) in [7, 11) is 1.67. The van der Waals surface area contributed by atoms with E-state index in [1.165, 1.54) is 18.4 Å². The smallest absolute Gasteiger partial charge is 0.161 e. The molecule has 0 spiro atoms. The van der Waals surface area contributed by atoms with E-state index in [0.717, 1.165) is 43.4 Å². The predicted octanol–water partition coefficient (Wildman–Crippen LogP) is 2.86. The maximum absolute atomic E-state index is 10.3. The zero-order chi connectivity index (χ0) is 19.3. The van der Waals surface area contributed by atoms with Crippen molar-refractivity contribution in [2.75, 3.05) is 51.4 Å². The van der Waals surface area contributed by atoms with E-state index in [4.69, 9.17) is 9.47 Å². The first kappa shape index (κ1) is 20.8. The molecule has 1 aromatic carbocycles. The number of methoxy groups -OCH3 is 1. The van der Waals surface area contributed by atoms with E-state index < -0.39 is 6.10 Å². The fourth-order valence-corrected chi connectivity index (χ4v) is 4.91. The highest BCUT2D eigenvalue weighted by Gasteiger charge is 2.31. The van der Waals surface area contributed by atoms with Crippen LogP contribution in [0.4, 0.5) is 0 Å². The van der Waals surface area contributed by atoms with Crippen LogP contribution in [0, 0.1) is 0 Å². The number of rotatable bonds is 8. The number of benzene rings is 1. The normalized spacial score (nSPS) is 21.9. The van der Waals surface area contributed by atoms with Gasteiger partial charge in [-0.1, -0.05) is 6.07 Å². The average Bonchev–Trinajstić information content (AvgIpc) is 2.99. The molecule has 2 aliphatic heterocycles. The molecule has 1 N–H and O–H groups in total. The Kier molecular flexibility index (Phi) is 7.31. The van der Waals surface area contributed by atoms with Crippen LogP contribution in [0.5, 0.6) is 11.5 Å². The van der Waals surface area contributed by atoms with E-state index in [9.17, 15) is 5.11 Å². The molecule has 0 aromatic heterocycles. The van der Waals surface area contributed by atoms with E-state index in [1.807, 2.05) is 17.8 Å². The van der Waals surface area contributed by atoms with Crippen molar-refractivity contribution in [3.05, 3.63) is 23.8 Å². The molecule has 0 unspecified atom stereocenters. The topological polar surface area (TPSA) is 45.2 Å². The van der Waals surface area contributed by atoms with Gasteiger partial charge in [0.25, 0.3) is 0 Å². The fourth-order valence-electron chi connectivity index (χ4n) is 3.93. The van der Waals surface area contributed by atoms with Gasteiger partial charge in [0, 0.05) is 43.2 Å². The highest BCUT2D eigenvalue weighted by Crippen LogP contribution is 2.33. The minimum Gasteiger partial charge on any atom is -0.493 e. The molecule has 2 fully saturated rings. The van der Waals surface area contributed by atoms with Gasteiger partial charge in [-0.2, -0.15) is 11.8 Å². The molecule has 0 aliphatic carbocycles. The Morgan fingerprint density at radius 3 is 2.63 bits per heavy atom. The van der Waals surface area contributed by atoms with Gasteiger partial charge < -0.3 is 14.6 Å². The third kappa shape index (κ3) is 5.76. The maximum Gasteiger partial charge on any atom is 0.161 e. The van der Waals surface area contributed by atoms with Crippen molar-refractivity contribution in [3.63, 3.8) is 0 Å². The Morgan fingerprint density at radius 1 is 1.19 bits per heavy atom. The third-order valence-electron chi connectivity index (χ3n) is 5.68. The van der Waals surface area contributed by atoms with Crippen molar-refractivity contribution in [1.29, 1.82) is 0 Å². The van der Waals surface area contributed by atoms with Crippen molar-refractivity contribution in [2.24, 2.45) is 0 Å². The zero-order valence-electron chi connectivity index (χ0n) is 16.9. The van der Waals surface area contributed by atoms with Gasteiger partial charge in [0.05, 0.1) is 7.11 Å². The number of hydrogen-bond donors (Lipinski definition) is 1. The number of aliphatic hydroxyl groups is 1. The summed E-state index contributed by atoms with van der Waals surface area (Å²) in [5.41, 5.74) is 1.50. The monoisotopic (exact) mass is 394 g/mol. The van der Waals surface area contributed by atoms with Crippen LogP contribution in [0.2, 0.25) is 0 Å². The second-order valence-electron chi connectivity index (χ2n) is 8.20. The number of thioether (sulfide) groups is 1. The number of nitrogens with zero attached hydrogens (tertiary/aromatic N) is 2. The minimum absolute atomic E-state index is 0.263. The van der Waals surface area contributed by atoms with Gasteiger partial charge in [-0.15, -0.1) is 0 Å². The summed E-state index contributed by atoms with van der Waals surface area (Å²) in [6.45, 7) is 9.77. The van der Waals surface area contributed by atoms with E-state index in [0.29, 0.717) is 18.9 Å². The molecule has 2 aliphatic rings. The molecule has 0 radical (unpaired) electrons. The van der Waals surface area contributed by atoms with Crippen LogP contribution in [-0.2, 0) is 6.54 Å². The van der Waals surface area contributed by atoms with Gasteiger partial charge in [-0.25, -0.2) is 0 Å². The largest absolute Gasteiger partial charge is 0.493 e. The molecule has 5 nitrogen and oxygen atoms in total. The van der Waals surface area contributed by atoms with E-state index in [2.05, 4.69) is 35.8 Å². The van der Waals surface area contributed by atoms with E-state index in [-0.39, 0.29) is 5.54 Å². The molecule has 1 aromatic rings. The van der Waals surface area contributed by atoms with E-state index in [1.54, 1.807) is 7.11 Å². The van der Waals surface area contributed by atoms with Crippen molar-refractivity contribution in [1.82, 2.24) is 9.80 Å². The van der Waals surface area contributed by atoms with Crippen LogP contribution in [0.1, 0.15) is 32.3 Å². The van der Waals surface area contributed by atoms with Crippen LogP contribution in [0.15, 0.2) is 18.2 Å². The van der Waals surface area contributed by atoms with Crippen molar-refractivity contribution < 1.29 is 14.6 Å². The molecule has 2 saturated heterocycles. The van der Waals surface area contributed by atoms with Gasteiger partial charge >= 0.3 is 0 Å². The molecule has 3 rings (SSSR count). The first-order valence-corrected chi connectivity index (χ1v) is 11.2. The van der Waals surface area contributed by atoms with Gasteiger partial charge in [-0.05, 0) is 50.9 Å². The van der Waals surface area contributed by atoms with Crippen molar-refractivity contribution in [2.45, 2.75) is 44.9 Å². The van der Waals surface area contributed by atoms with Crippen LogP contribution < -0.4 is 9.47 Å². The molecule has 152 valence electrons. The summed E-state index contributed by atoms with van der Waals surface area (Å²) in [5.74, 6) is 3.74. The lowest BCUT2D eigenvalue weighted by molar-refractivity contribution is 0.0704. The number of ether oxygens (including phenoxy) is 2. The number of likely N-dealkylation sites (tertiary alicyclic amines) is 1. The summed E-state index contributed by atoms with van der Waals surface area (Å²) in [4.78, 5) is 4.84. The second kappa shape index (κ2) is 9.50. The van der Waals surface area contributed by atoms with Crippen molar-refractivity contribution >= 4 is 11.8 Å². The van der Waals surface area contributed by atoms with Crippen LogP contribution in [0.25, 0.3) is 0 Å². The van der Waals surface area contributed by atoms with Gasteiger partial charge in [0.2, 0.25) is 0 Å². The summed E-state index contributed by atoms with van der Waals surface area (Å²) in [6.07, 6.45) is 2.03. The fraction of sp³-hybridized carbons (Fsp3) is 0.714. The molecule has 6 heteroatoms. The second-order valence-corrected chi connectivity index (χ2v) is 9.43. The summed E-state index contributed by atoms with van der Waals surface area (Å²) >= 11 is 1.98. The SMILES string of the molecule is COc1cc(CN2CCCC2(C)C)ccc1OC[C@H](O)CN1CCSCC1. The Morgan fingerprint density at radius 2 is 1.96 bits per heavy atom. The molecular weight excluding hydrogens is 360 g/mol. The quantitative estimate of drug-likeness (QED) is 0.732. The van der Waals surface area contributed by atoms with Crippen molar-refractivity contribution in [3.8, 4) is 11.5 Å². The molecule has 1 atom stereocenters. The van der Waals surface area contributed by atoms with E-state index >= 15 is 0 Å². The zero-order valence-corrected chi connectivity index (χ0v) is 17.8. The first-order chi connectivity index (χ1) is 13.0. The van der Waals surface area contributed by atoms with Gasteiger partial charge in [-0.3, -0.25) is 9.80 Å². The first-order valence-electron chi connectivity index (χ1n) is 10.0. The Bertz CT molecular complexity index is 605. The lowest BCUT2D eigenvalue weighted by Gasteiger charge is -2.31. The third-order valence-corrected chi connectivity index (χ3v) is 6.62. The van der Waals surface area contributed by atoms with Crippen LogP contribution in [0.3, 0.4) is 0 Å². The standard InChI is InChI=1S/C21H34N2O3S/c1-21(2)7-4-8-23(21)14-17-5-6-19(20(13-17)25-3)26-16-18(24)15-22-9-11-27-12-10-22/h5-6,13,18,24H,4,7-12,14-16H2,1-3H3/t18-/m1/s1. The maximum atomic E-state index is 10.3. The summed E-state index contributed by atoms with van der Waals surface area (Å²) < 4.78 is 11.4. The predicted molar refractivity (Wildman–Crippen MR) is 112 cm³/mol. The Labute approximate surface area is 168 Å². The number of hydrogen-bond acceptors (Lipinski definition) is 6. The lowest BCUT2D eigenvalue weighted by atomic mass is 10.0. The Hall–Kier alpha value is -0.950.